The van der Waals surface area contributed by atoms with Crippen molar-refractivity contribution in [3.05, 3.63) is 70.8 Å². The smallest absolute Gasteiger partial charge is 0.338 e. The van der Waals surface area contributed by atoms with Crippen LogP contribution in [-0.4, -0.2) is 28.0 Å². The largest absolute Gasteiger partial charge is 0.465 e. The number of nitrogens with two attached hydrogens (primary N) is 1. The quantitative estimate of drug-likeness (QED) is 0.675. The number of esters is 1. The van der Waals surface area contributed by atoms with Gasteiger partial charge in [0.2, 0.25) is 10.0 Å². The van der Waals surface area contributed by atoms with Crippen molar-refractivity contribution in [3.63, 3.8) is 0 Å². The fourth-order valence-electron chi connectivity index (χ4n) is 2.67. The van der Waals surface area contributed by atoms with E-state index in [1.165, 1.54) is 12.7 Å². The van der Waals surface area contributed by atoms with Gasteiger partial charge in [-0.15, -0.1) is 0 Å². The minimum Gasteiger partial charge on any atom is -0.465 e. The maximum Gasteiger partial charge on any atom is 0.338 e. The Morgan fingerprint density at radius 2 is 1.67 bits per heavy atom. The summed E-state index contributed by atoms with van der Waals surface area (Å²) in [4.78, 5) is 11.8. The molecule has 0 aliphatic rings. The number of ether oxygens (including phenoxy) is 1. The molecule has 3 N–H and O–H groups in total. The SMILES string of the molecule is COC(=O)c1ccccc1CS(=O)(=O)NCC(N)c1ccc(C(C)C)cc1. The zero-order valence-electron chi connectivity index (χ0n) is 15.8. The molecule has 0 fully saturated rings. The molecule has 0 spiro atoms. The van der Waals surface area contributed by atoms with E-state index >= 15 is 0 Å². The number of benzene rings is 2. The van der Waals surface area contributed by atoms with Gasteiger partial charge >= 0.3 is 5.97 Å². The van der Waals surface area contributed by atoms with Gasteiger partial charge in [-0.3, -0.25) is 0 Å². The maximum atomic E-state index is 12.4. The molecule has 0 bridgehead atoms. The summed E-state index contributed by atoms with van der Waals surface area (Å²) in [5, 5.41) is 0. The third-order valence-electron chi connectivity index (χ3n) is 4.32. The van der Waals surface area contributed by atoms with Crippen LogP contribution in [0.3, 0.4) is 0 Å². The van der Waals surface area contributed by atoms with Crippen LogP contribution >= 0.6 is 0 Å². The highest BCUT2D eigenvalue weighted by molar-refractivity contribution is 7.88. The van der Waals surface area contributed by atoms with Gasteiger partial charge in [-0.05, 0) is 28.7 Å². The van der Waals surface area contributed by atoms with Gasteiger partial charge < -0.3 is 10.5 Å². The van der Waals surface area contributed by atoms with E-state index in [2.05, 4.69) is 18.6 Å². The highest BCUT2D eigenvalue weighted by Gasteiger charge is 2.19. The van der Waals surface area contributed by atoms with Crippen LogP contribution in [0.5, 0.6) is 0 Å². The van der Waals surface area contributed by atoms with Gasteiger partial charge in [-0.25, -0.2) is 17.9 Å². The van der Waals surface area contributed by atoms with Crippen LogP contribution in [-0.2, 0) is 20.5 Å². The number of carbonyl (C=O) groups is 1. The van der Waals surface area contributed by atoms with E-state index in [0.717, 1.165) is 5.56 Å². The Balaban J connectivity index is 2.03. The van der Waals surface area contributed by atoms with Gasteiger partial charge in [0.1, 0.15) is 0 Å². The average molecular weight is 391 g/mol. The Kier molecular flexibility index (Phi) is 7.12. The fraction of sp³-hybridized carbons (Fsp3) is 0.350. The molecule has 0 heterocycles. The van der Waals surface area contributed by atoms with E-state index in [-0.39, 0.29) is 17.9 Å². The highest BCUT2D eigenvalue weighted by Crippen LogP contribution is 2.18. The molecule has 0 aliphatic carbocycles. The lowest BCUT2D eigenvalue weighted by atomic mass is 9.99. The van der Waals surface area contributed by atoms with E-state index in [0.29, 0.717) is 11.5 Å². The van der Waals surface area contributed by atoms with Crippen molar-refractivity contribution in [2.45, 2.75) is 31.6 Å². The highest BCUT2D eigenvalue weighted by atomic mass is 32.2. The molecule has 2 aromatic carbocycles. The Bertz CT molecular complexity index is 877. The minimum absolute atomic E-state index is 0.0732. The first-order chi connectivity index (χ1) is 12.7. The molecular formula is C20H26N2O4S. The van der Waals surface area contributed by atoms with Crippen molar-refractivity contribution < 1.29 is 17.9 Å². The van der Waals surface area contributed by atoms with Gasteiger partial charge in [0.25, 0.3) is 0 Å². The number of rotatable bonds is 8. The van der Waals surface area contributed by atoms with Crippen LogP contribution in [0.15, 0.2) is 48.5 Å². The average Bonchev–Trinajstić information content (AvgIpc) is 2.65. The minimum atomic E-state index is -3.66. The molecule has 0 radical (unpaired) electrons. The van der Waals surface area contributed by atoms with Crippen molar-refractivity contribution in [3.8, 4) is 0 Å². The molecule has 0 amide bonds. The number of hydrogen-bond acceptors (Lipinski definition) is 5. The summed E-state index contributed by atoms with van der Waals surface area (Å²) in [5.74, 6) is -0.469. The summed E-state index contributed by atoms with van der Waals surface area (Å²) in [7, 11) is -2.40. The lowest BCUT2D eigenvalue weighted by Gasteiger charge is -2.15. The lowest BCUT2D eigenvalue weighted by molar-refractivity contribution is 0.0600. The van der Waals surface area contributed by atoms with Crippen LogP contribution in [0.4, 0.5) is 0 Å². The van der Waals surface area contributed by atoms with Crippen molar-refractivity contribution in [1.82, 2.24) is 4.72 Å². The summed E-state index contributed by atoms with van der Waals surface area (Å²) in [6.07, 6.45) is 0. The van der Waals surface area contributed by atoms with Crippen LogP contribution in [0.2, 0.25) is 0 Å². The summed E-state index contributed by atoms with van der Waals surface area (Å²) in [6.45, 7) is 4.29. The molecule has 0 saturated heterocycles. The normalized spacial score (nSPS) is 12.8. The predicted octanol–water partition coefficient (Wildman–Crippen LogP) is 2.72. The third-order valence-corrected chi connectivity index (χ3v) is 5.62. The van der Waals surface area contributed by atoms with E-state index < -0.39 is 22.0 Å². The first-order valence-corrected chi connectivity index (χ1v) is 10.4. The lowest BCUT2D eigenvalue weighted by Crippen LogP contribution is -2.33. The van der Waals surface area contributed by atoms with Gasteiger partial charge in [-0.2, -0.15) is 0 Å². The topological polar surface area (TPSA) is 98.5 Å². The Morgan fingerprint density at radius 3 is 2.26 bits per heavy atom. The summed E-state index contributed by atoms with van der Waals surface area (Å²) < 4.78 is 32.1. The number of hydrogen-bond donors (Lipinski definition) is 2. The zero-order chi connectivity index (χ0) is 20.0. The number of nitrogens with one attached hydrogen (secondary N) is 1. The fourth-order valence-corrected chi connectivity index (χ4v) is 3.87. The van der Waals surface area contributed by atoms with Crippen LogP contribution < -0.4 is 10.5 Å². The van der Waals surface area contributed by atoms with Crippen molar-refractivity contribution in [2.75, 3.05) is 13.7 Å². The molecule has 146 valence electrons. The van der Waals surface area contributed by atoms with Crippen molar-refractivity contribution in [2.24, 2.45) is 5.73 Å². The van der Waals surface area contributed by atoms with Crippen molar-refractivity contribution >= 4 is 16.0 Å². The zero-order valence-corrected chi connectivity index (χ0v) is 16.6. The molecule has 1 unspecified atom stereocenters. The summed E-state index contributed by atoms with van der Waals surface area (Å²) >= 11 is 0. The van der Waals surface area contributed by atoms with Crippen LogP contribution in [0.1, 0.15) is 52.9 Å². The number of sulfonamides is 1. The standard InChI is InChI=1S/C20H26N2O4S/c1-14(2)15-8-10-16(11-9-15)19(21)12-22-27(24,25)13-17-6-4-5-7-18(17)20(23)26-3/h4-11,14,19,22H,12-13,21H2,1-3H3. The maximum absolute atomic E-state index is 12.4. The molecule has 2 rings (SSSR count). The van der Waals surface area contributed by atoms with E-state index in [4.69, 9.17) is 10.5 Å². The molecular weight excluding hydrogens is 364 g/mol. The van der Waals surface area contributed by atoms with Crippen LogP contribution in [0.25, 0.3) is 0 Å². The van der Waals surface area contributed by atoms with Gasteiger partial charge in [0.05, 0.1) is 18.4 Å². The van der Waals surface area contributed by atoms with Crippen LogP contribution in [0, 0.1) is 0 Å². The molecule has 1 atom stereocenters. The summed E-state index contributed by atoms with van der Waals surface area (Å²) in [6, 6.07) is 13.8. The molecule has 2 aromatic rings. The van der Waals surface area contributed by atoms with E-state index in [1.54, 1.807) is 24.3 Å². The molecule has 0 aliphatic heterocycles. The first-order valence-electron chi connectivity index (χ1n) is 8.72. The van der Waals surface area contributed by atoms with Gasteiger partial charge in [-0.1, -0.05) is 56.3 Å². The summed E-state index contributed by atoms with van der Waals surface area (Å²) in [5.41, 5.74) is 8.80. The molecule has 27 heavy (non-hydrogen) atoms. The van der Waals surface area contributed by atoms with Gasteiger partial charge in [0, 0.05) is 12.6 Å². The number of carbonyl (C=O) groups excluding carboxylic acids is 1. The Morgan fingerprint density at radius 1 is 1.07 bits per heavy atom. The second-order valence-corrected chi connectivity index (χ2v) is 8.49. The Labute approximate surface area is 160 Å². The molecule has 7 heteroatoms. The Hall–Kier alpha value is -2.22. The van der Waals surface area contributed by atoms with E-state index in [9.17, 15) is 13.2 Å². The second-order valence-electron chi connectivity index (χ2n) is 6.68. The molecule has 0 saturated carbocycles. The molecule has 6 nitrogen and oxygen atoms in total. The monoisotopic (exact) mass is 390 g/mol. The predicted molar refractivity (Wildman–Crippen MR) is 106 cm³/mol. The van der Waals surface area contributed by atoms with Crippen molar-refractivity contribution in [1.29, 1.82) is 0 Å². The molecule has 0 aromatic heterocycles. The first kappa shape index (κ1) is 21.1. The second kappa shape index (κ2) is 9.12. The third kappa shape index (κ3) is 5.89. The van der Waals surface area contributed by atoms with E-state index in [1.807, 2.05) is 24.3 Å². The number of methoxy groups -OCH3 is 1. The van der Waals surface area contributed by atoms with Gasteiger partial charge in [0.15, 0.2) is 0 Å².